The molecule has 0 saturated heterocycles. The molecule has 0 saturated carbocycles. The van der Waals surface area contributed by atoms with E-state index in [1.807, 2.05) is 30.2 Å². The highest BCUT2D eigenvalue weighted by Gasteiger charge is 2.36. The summed E-state index contributed by atoms with van der Waals surface area (Å²) in [4.78, 5) is 1.83. The highest BCUT2D eigenvalue weighted by atomic mass is 19.4. The number of hydrogen-bond acceptors (Lipinski definition) is 1. The Morgan fingerprint density at radius 2 is 1.97 bits per heavy atom. The van der Waals surface area contributed by atoms with E-state index in [-0.39, 0.29) is 12.0 Å². The van der Waals surface area contributed by atoms with Gasteiger partial charge in [-0.2, -0.15) is 13.2 Å². The van der Waals surface area contributed by atoms with Crippen molar-refractivity contribution in [1.82, 2.24) is 4.90 Å². The van der Waals surface area contributed by atoms with E-state index < -0.39 is 11.7 Å². The minimum atomic E-state index is -4.42. The van der Waals surface area contributed by atoms with E-state index in [2.05, 4.69) is 25.3 Å². The van der Waals surface area contributed by atoms with Gasteiger partial charge in [-0.25, -0.2) is 0 Å². The van der Waals surface area contributed by atoms with Crippen LogP contribution in [0, 0.1) is 0 Å². The van der Waals surface area contributed by atoms with Gasteiger partial charge in [0.2, 0.25) is 0 Å². The van der Waals surface area contributed by atoms with Gasteiger partial charge in [0.25, 0.3) is 0 Å². The summed E-state index contributed by atoms with van der Waals surface area (Å²) < 4.78 is 41.3. The maximum Gasteiger partial charge on any atom is 0.416 e. The number of rotatable bonds is 7. The van der Waals surface area contributed by atoms with Crippen LogP contribution >= 0.6 is 0 Å². The van der Waals surface area contributed by atoms with Crippen LogP contribution in [0.3, 0.4) is 0 Å². The van der Waals surface area contributed by atoms with Crippen molar-refractivity contribution in [3.8, 4) is 0 Å². The minimum Gasteiger partial charge on any atom is -0.324 e. The van der Waals surface area contributed by atoms with Crippen LogP contribution < -0.4 is 0 Å². The third-order valence-corrected chi connectivity index (χ3v) is 4.97. The standard InChI is InChI=1S/C27H30F3N/c1-4-13-22(5-2)20-21-31(6-3)24-15-12-14-23(18-19-24)25-16-10-8-7-9-11-17-26(25)27(28,29)30/h5-7,9,14-21H,3-4,8,10-11,13H2,1-2H3/b9-7?,21-20+,22-5-,25-16?,26-17?. The molecule has 164 valence electrons. The molecule has 0 heterocycles. The SMILES string of the molecule is C=CN(/C=C/C(=C\C)CCC)C1=CC=C(C2=CCCC=CCC=C2C(F)(F)F)C=C=C1. The molecule has 0 unspecified atom stereocenters. The fourth-order valence-corrected chi connectivity index (χ4v) is 3.34. The lowest BCUT2D eigenvalue weighted by atomic mass is 9.94. The first-order chi connectivity index (χ1) is 14.9. The van der Waals surface area contributed by atoms with Crippen LogP contribution in [0.2, 0.25) is 0 Å². The van der Waals surface area contributed by atoms with Crippen LogP contribution in [0.15, 0.2) is 113 Å². The van der Waals surface area contributed by atoms with Gasteiger partial charge in [-0.15, -0.1) is 5.73 Å². The van der Waals surface area contributed by atoms with Crippen molar-refractivity contribution in [3.63, 3.8) is 0 Å². The fraction of sp³-hybridized carbons (Fsp3) is 0.296. The molecule has 2 aliphatic rings. The highest BCUT2D eigenvalue weighted by Crippen LogP contribution is 2.36. The predicted molar refractivity (Wildman–Crippen MR) is 124 cm³/mol. The molecule has 0 aromatic rings. The van der Waals surface area contributed by atoms with Crippen molar-refractivity contribution >= 4 is 0 Å². The molecule has 0 bridgehead atoms. The molecule has 0 atom stereocenters. The van der Waals surface area contributed by atoms with Gasteiger partial charge in [0.1, 0.15) is 0 Å². The van der Waals surface area contributed by atoms with Crippen LogP contribution in [0.25, 0.3) is 0 Å². The number of halogens is 3. The fourth-order valence-electron chi connectivity index (χ4n) is 3.34. The Labute approximate surface area is 184 Å². The Morgan fingerprint density at radius 3 is 2.65 bits per heavy atom. The largest absolute Gasteiger partial charge is 0.416 e. The molecular formula is C27H30F3N. The lowest BCUT2D eigenvalue weighted by Crippen LogP contribution is -2.15. The van der Waals surface area contributed by atoms with Crippen molar-refractivity contribution in [2.45, 2.75) is 52.1 Å². The molecule has 0 radical (unpaired) electrons. The maximum atomic E-state index is 13.8. The smallest absolute Gasteiger partial charge is 0.324 e. The molecule has 0 N–H and O–H groups in total. The molecule has 4 heteroatoms. The van der Waals surface area contributed by atoms with Crippen molar-refractivity contribution in [2.75, 3.05) is 0 Å². The zero-order valence-corrected chi connectivity index (χ0v) is 18.3. The second-order valence-electron chi connectivity index (χ2n) is 7.21. The van der Waals surface area contributed by atoms with E-state index in [0.29, 0.717) is 12.0 Å². The molecular weight excluding hydrogens is 395 g/mol. The predicted octanol–water partition coefficient (Wildman–Crippen LogP) is 8.38. The molecule has 0 aliphatic heterocycles. The van der Waals surface area contributed by atoms with Crippen molar-refractivity contribution < 1.29 is 13.2 Å². The Morgan fingerprint density at radius 1 is 1.16 bits per heavy atom. The maximum absolute atomic E-state index is 13.8. The molecule has 0 fully saturated rings. The molecule has 31 heavy (non-hydrogen) atoms. The van der Waals surface area contributed by atoms with Gasteiger partial charge in [-0.1, -0.05) is 62.0 Å². The van der Waals surface area contributed by atoms with Gasteiger partial charge < -0.3 is 4.90 Å². The Hall–Kier alpha value is -2.97. The topological polar surface area (TPSA) is 3.24 Å². The van der Waals surface area contributed by atoms with E-state index in [4.69, 9.17) is 0 Å². The summed E-state index contributed by atoms with van der Waals surface area (Å²) >= 11 is 0. The molecule has 1 nitrogen and oxygen atoms in total. The van der Waals surface area contributed by atoms with Gasteiger partial charge >= 0.3 is 6.18 Å². The van der Waals surface area contributed by atoms with Crippen LogP contribution in [0.4, 0.5) is 13.2 Å². The van der Waals surface area contributed by atoms with E-state index in [0.717, 1.165) is 25.0 Å². The molecule has 2 aliphatic carbocycles. The zero-order valence-electron chi connectivity index (χ0n) is 18.3. The Balaban J connectivity index is 2.39. The summed E-state index contributed by atoms with van der Waals surface area (Å²) in [7, 11) is 0. The number of nitrogens with zero attached hydrogens (tertiary/aromatic N) is 1. The Bertz CT molecular complexity index is 924. The first kappa shape index (κ1) is 24.3. The number of alkyl halides is 3. The second-order valence-corrected chi connectivity index (χ2v) is 7.21. The molecule has 0 aromatic heterocycles. The van der Waals surface area contributed by atoms with Gasteiger partial charge in [0.15, 0.2) is 0 Å². The van der Waals surface area contributed by atoms with E-state index >= 15 is 0 Å². The number of hydrogen-bond donors (Lipinski definition) is 0. The van der Waals surface area contributed by atoms with E-state index in [1.165, 1.54) is 11.6 Å². The van der Waals surface area contributed by atoms with Crippen LogP contribution in [-0.2, 0) is 0 Å². The summed E-state index contributed by atoms with van der Waals surface area (Å²) in [6.07, 6.45) is 20.3. The van der Waals surface area contributed by atoms with Crippen LogP contribution in [0.5, 0.6) is 0 Å². The quantitative estimate of drug-likeness (QED) is 0.225. The average Bonchev–Trinajstić information content (AvgIpc) is 2.90. The number of allylic oxidation sites excluding steroid dienone is 13. The van der Waals surface area contributed by atoms with Gasteiger partial charge in [-0.3, -0.25) is 0 Å². The molecule has 0 spiro atoms. The summed E-state index contributed by atoms with van der Waals surface area (Å²) in [5.41, 5.74) is 5.11. The van der Waals surface area contributed by atoms with Gasteiger partial charge in [0, 0.05) is 18.5 Å². The van der Waals surface area contributed by atoms with Crippen LogP contribution in [0.1, 0.15) is 46.0 Å². The normalized spacial score (nSPS) is 17.8. The molecule has 0 aromatic carbocycles. The van der Waals surface area contributed by atoms with Crippen LogP contribution in [-0.4, -0.2) is 11.1 Å². The minimum absolute atomic E-state index is 0.203. The lowest BCUT2D eigenvalue weighted by molar-refractivity contribution is -0.0893. The van der Waals surface area contributed by atoms with Crippen molar-refractivity contribution in [2.24, 2.45) is 0 Å². The average molecular weight is 426 g/mol. The van der Waals surface area contributed by atoms with E-state index in [1.54, 1.807) is 42.7 Å². The zero-order chi connectivity index (χ0) is 22.7. The summed E-state index contributed by atoms with van der Waals surface area (Å²) in [6.45, 7) is 7.99. The van der Waals surface area contributed by atoms with Gasteiger partial charge in [0.05, 0.1) is 11.3 Å². The first-order valence-electron chi connectivity index (χ1n) is 10.6. The molecule has 2 rings (SSSR count). The van der Waals surface area contributed by atoms with Gasteiger partial charge in [-0.05, 0) is 62.0 Å². The first-order valence-corrected chi connectivity index (χ1v) is 10.6. The monoisotopic (exact) mass is 425 g/mol. The third-order valence-electron chi connectivity index (χ3n) is 4.97. The van der Waals surface area contributed by atoms with Crippen molar-refractivity contribution in [1.29, 1.82) is 0 Å². The highest BCUT2D eigenvalue weighted by molar-refractivity contribution is 5.56. The Kier molecular flexibility index (Phi) is 9.42. The lowest BCUT2D eigenvalue weighted by Gasteiger charge is -2.17. The summed E-state index contributed by atoms with van der Waals surface area (Å²) in [5, 5.41) is 0. The molecule has 0 amide bonds. The summed E-state index contributed by atoms with van der Waals surface area (Å²) in [5.74, 6) is 0. The second kappa shape index (κ2) is 12.0. The third kappa shape index (κ3) is 7.34. The van der Waals surface area contributed by atoms with Crippen molar-refractivity contribution in [3.05, 3.63) is 113 Å². The summed E-state index contributed by atoms with van der Waals surface area (Å²) in [6, 6.07) is 0. The van der Waals surface area contributed by atoms with E-state index in [9.17, 15) is 13.2 Å².